The van der Waals surface area contributed by atoms with Gasteiger partial charge in [0.05, 0.1) is 11.6 Å². The van der Waals surface area contributed by atoms with Crippen molar-refractivity contribution in [3.8, 4) is 5.75 Å². The van der Waals surface area contributed by atoms with Gasteiger partial charge in [0, 0.05) is 19.2 Å². The van der Waals surface area contributed by atoms with E-state index in [0.717, 1.165) is 0 Å². The predicted molar refractivity (Wildman–Crippen MR) is 83.1 cm³/mol. The molecule has 5 nitrogen and oxygen atoms in total. The minimum Gasteiger partial charge on any atom is -0.489 e. The molecule has 1 aromatic carbocycles. The number of halogens is 2. The molecule has 1 heterocycles. The van der Waals surface area contributed by atoms with E-state index >= 15 is 0 Å². The lowest BCUT2D eigenvalue weighted by Gasteiger charge is -2.34. The first kappa shape index (κ1) is 17.7. The maximum atomic E-state index is 13.2. The molecule has 0 radical (unpaired) electrons. The Balaban J connectivity index is 1.91. The topological polar surface area (TPSA) is 55.8 Å². The summed E-state index contributed by atoms with van der Waals surface area (Å²) in [7, 11) is 0. The third kappa shape index (κ3) is 4.65. The van der Waals surface area contributed by atoms with E-state index in [1.807, 2.05) is 0 Å². The number of rotatable bonds is 6. The Labute approximate surface area is 139 Å². The van der Waals surface area contributed by atoms with E-state index in [9.17, 15) is 14.0 Å². The van der Waals surface area contributed by atoms with Gasteiger partial charge in [0.2, 0.25) is 0 Å². The molecule has 126 valence electrons. The molecule has 1 aliphatic rings. The van der Waals surface area contributed by atoms with Crippen molar-refractivity contribution in [3.05, 3.63) is 29.0 Å². The van der Waals surface area contributed by atoms with Crippen LogP contribution >= 0.6 is 11.6 Å². The van der Waals surface area contributed by atoms with Crippen molar-refractivity contribution < 1.29 is 23.5 Å². The fourth-order valence-electron chi connectivity index (χ4n) is 2.54. The zero-order valence-corrected chi connectivity index (χ0v) is 13.6. The minimum absolute atomic E-state index is 0.139. The van der Waals surface area contributed by atoms with Crippen molar-refractivity contribution >= 4 is 23.9 Å². The number of benzene rings is 1. The molecule has 0 amide bonds. The zero-order valence-electron chi connectivity index (χ0n) is 12.8. The number of likely N-dealkylation sites (tertiary alicyclic amines) is 1. The maximum Gasteiger partial charge on any atom is 0.330 e. The van der Waals surface area contributed by atoms with Gasteiger partial charge in [0.15, 0.2) is 6.04 Å². The summed E-state index contributed by atoms with van der Waals surface area (Å²) in [5.41, 5.74) is 0. The van der Waals surface area contributed by atoms with Gasteiger partial charge in [-0.05, 0) is 31.9 Å². The van der Waals surface area contributed by atoms with Crippen molar-refractivity contribution in [1.29, 1.82) is 0 Å². The zero-order chi connectivity index (χ0) is 16.8. The molecule has 0 N–H and O–H groups in total. The number of aldehydes is 1. The van der Waals surface area contributed by atoms with Crippen molar-refractivity contribution in [2.45, 2.75) is 31.9 Å². The lowest BCUT2D eigenvalue weighted by molar-refractivity contribution is -0.151. The summed E-state index contributed by atoms with van der Waals surface area (Å²) >= 11 is 5.98. The van der Waals surface area contributed by atoms with Gasteiger partial charge in [0.25, 0.3) is 0 Å². The standard InChI is InChI=1S/C16H19ClFNO4/c1-2-22-16(21)14(10-20)19-7-5-12(6-8-19)23-15-9-11(18)3-4-13(15)17/h3-4,9-10,12,14H,2,5-8H2,1H3. The highest BCUT2D eigenvalue weighted by molar-refractivity contribution is 6.32. The van der Waals surface area contributed by atoms with Crippen LogP contribution < -0.4 is 4.74 Å². The van der Waals surface area contributed by atoms with Gasteiger partial charge in [-0.3, -0.25) is 4.90 Å². The second-order valence-corrected chi connectivity index (χ2v) is 5.67. The Morgan fingerprint density at radius 2 is 2.17 bits per heavy atom. The number of nitrogens with zero attached hydrogens (tertiary/aromatic N) is 1. The average Bonchev–Trinajstić information content (AvgIpc) is 2.53. The smallest absolute Gasteiger partial charge is 0.330 e. The Bertz CT molecular complexity index is 561. The van der Waals surface area contributed by atoms with E-state index in [4.69, 9.17) is 21.1 Å². The number of esters is 1. The van der Waals surface area contributed by atoms with Crippen LogP contribution in [0.2, 0.25) is 5.02 Å². The van der Waals surface area contributed by atoms with Crippen LogP contribution in [0.5, 0.6) is 5.75 Å². The SMILES string of the molecule is CCOC(=O)C(C=O)N1CCC(Oc2cc(F)ccc2Cl)CC1. The van der Waals surface area contributed by atoms with Crippen LogP contribution in [0.3, 0.4) is 0 Å². The van der Waals surface area contributed by atoms with Crippen molar-refractivity contribution in [2.75, 3.05) is 19.7 Å². The molecule has 1 aliphatic heterocycles. The number of ether oxygens (including phenoxy) is 2. The van der Waals surface area contributed by atoms with Gasteiger partial charge in [-0.15, -0.1) is 0 Å². The molecule has 23 heavy (non-hydrogen) atoms. The van der Waals surface area contributed by atoms with Gasteiger partial charge in [-0.2, -0.15) is 0 Å². The Morgan fingerprint density at radius 3 is 2.78 bits per heavy atom. The summed E-state index contributed by atoms with van der Waals surface area (Å²) in [5, 5.41) is 0.353. The van der Waals surface area contributed by atoms with E-state index in [-0.39, 0.29) is 12.7 Å². The highest BCUT2D eigenvalue weighted by atomic mass is 35.5. The van der Waals surface area contributed by atoms with Crippen LogP contribution in [0.4, 0.5) is 4.39 Å². The van der Waals surface area contributed by atoms with E-state index < -0.39 is 17.8 Å². The van der Waals surface area contributed by atoms with Crippen molar-refractivity contribution in [3.63, 3.8) is 0 Å². The molecule has 0 aromatic heterocycles. The highest BCUT2D eigenvalue weighted by Gasteiger charge is 2.31. The molecule has 0 spiro atoms. The normalized spacial score (nSPS) is 17.5. The van der Waals surface area contributed by atoms with Crippen LogP contribution in [-0.2, 0) is 14.3 Å². The summed E-state index contributed by atoms with van der Waals surface area (Å²) in [6, 6.07) is 3.09. The first-order valence-corrected chi connectivity index (χ1v) is 7.90. The van der Waals surface area contributed by atoms with E-state index in [0.29, 0.717) is 43.0 Å². The van der Waals surface area contributed by atoms with Gasteiger partial charge in [-0.25, -0.2) is 9.18 Å². The Kier molecular flexibility index (Phi) is 6.36. The van der Waals surface area contributed by atoms with Crippen LogP contribution in [0, 0.1) is 5.82 Å². The van der Waals surface area contributed by atoms with E-state index in [2.05, 4.69) is 0 Å². The Hall–Kier alpha value is -1.66. The lowest BCUT2D eigenvalue weighted by atomic mass is 10.1. The van der Waals surface area contributed by atoms with Gasteiger partial charge >= 0.3 is 5.97 Å². The van der Waals surface area contributed by atoms with Crippen molar-refractivity contribution in [2.24, 2.45) is 0 Å². The number of carbonyl (C=O) groups is 2. The molecule has 0 bridgehead atoms. The second-order valence-electron chi connectivity index (χ2n) is 5.26. The Morgan fingerprint density at radius 1 is 1.48 bits per heavy atom. The van der Waals surface area contributed by atoms with Crippen LogP contribution in [0.25, 0.3) is 0 Å². The predicted octanol–water partition coefficient (Wildman–Crippen LogP) is 2.45. The first-order valence-electron chi connectivity index (χ1n) is 7.52. The van der Waals surface area contributed by atoms with Gasteiger partial charge in [0.1, 0.15) is 24.0 Å². The quantitative estimate of drug-likeness (QED) is 0.451. The summed E-state index contributed by atoms with van der Waals surface area (Å²) in [6.45, 7) is 2.96. The van der Waals surface area contributed by atoms with Crippen LogP contribution in [-0.4, -0.2) is 49.0 Å². The molecule has 1 fully saturated rings. The third-order valence-corrected chi connectivity index (χ3v) is 4.03. The van der Waals surface area contributed by atoms with E-state index in [1.165, 1.54) is 18.2 Å². The fraction of sp³-hybridized carbons (Fsp3) is 0.500. The molecule has 0 aliphatic carbocycles. The molecular formula is C16H19ClFNO4. The molecule has 1 aromatic rings. The monoisotopic (exact) mass is 343 g/mol. The number of carbonyl (C=O) groups excluding carboxylic acids is 2. The van der Waals surface area contributed by atoms with Crippen LogP contribution in [0.15, 0.2) is 18.2 Å². The van der Waals surface area contributed by atoms with Gasteiger partial charge < -0.3 is 14.3 Å². The van der Waals surface area contributed by atoms with Gasteiger partial charge in [-0.1, -0.05) is 11.6 Å². The molecule has 1 atom stereocenters. The number of hydrogen-bond acceptors (Lipinski definition) is 5. The molecule has 0 saturated carbocycles. The van der Waals surface area contributed by atoms with E-state index in [1.54, 1.807) is 11.8 Å². The third-order valence-electron chi connectivity index (χ3n) is 3.71. The fourth-order valence-corrected chi connectivity index (χ4v) is 2.70. The van der Waals surface area contributed by atoms with Crippen LogP contribution in [0.1, 0.15) is 19.8 Å². The summed E-state index contributed by atoms with van der Waals surface area (Å²) in [4.78, 5) is 24.6. The first-order chi connectivity index (χ1) is 11.0. The maximum absolute atomic E-state index is 13.2. The molecule has 2 rings (SSSR count). The second kappa shape index (κ2) is 8.26. The minimum atomic E-state index is -0.881. The van der Waals surface area contributed by atoms with Crippen molar-refractivity contribution in [1.82, 2.24) is 4.90 Å². The summed E-state index contributed by atoms with van der Waals surface area (Å²) < 4.78 is 23.9. The number of piperidine rings is 1. The molecule has 1 unspecified atom stereocenters. The largest absolute Gasteiger partial charge is 0.489 e. The average molecular weight is 344 g/mol. The molecule has 7 heteroatoms. The lowest BCUT2D eigenvalue weighted by Crippen LogP contribution is -2.49. The highest BCUT2D eigenvalue weighted by Crippen LogP contribution is 2.28. The molecule has 1 saturated heterocycles. The number of hydrogen-bond donors (Lipinski definition) is 0. The molecular weight excluding hydrogens is 325 g/mol. The summed E-state index contributed by atoms with van der Waals surface area (Å²) in [6.07, 6.45) is 1.68. The summed E-state index contributed by atoms with van der Waals surface area (Å²) in [5.74, 6) is -0.636.